The summed E-state index contributed by atoms with van der Waals surface area (Å²) in [5.41, 5.74) is 0. The Bertz CT molecular complexity index is 710. The van der Waals surface area contributed by atoms with E-state index < -0.39 is 0 Å². The van der Waals surface area contributed by atoms with Gasteiger partial charge >= 0.3 is 141 Å². The van der Waals surface area contributed by atoms with Gasteiger partial charge in [0.1, 0.15) is 0 Å². The van der Waals surface area contributed by atoms with Crippen molar-refractivity contribution in [2.75, 3.05) is 0 Å². The second kappa shape index (κ2) is 6.99. The summed E-state index contributed by atoms with van der Waals surface area (Å²) in [6, 6.07) is 23.8. The average Bonchev–Trinajstić information content (AvgIpc) is 2.49. The first-order valence-electron chi connectivity index (χ1n) is 6.31. The molecule has 0 amide bonds. The zero-order chi connectivity index (χ0) is 13.8. The van der Waals surface area contributed by atoms with Gasteiger partial charge in [-0.25, -0.2) is 0 Å². The second-order valence-corrected chi connectivity index (χ2v) is 12.6. The van der Waals surface area contributed by atoms with Crippen LogP contribution >= 0.6 is 11.6 Å². The van der Waals surface area contributed by atoms with Crippen LogP contribution in [0.15, 0.2) is 66.7 Å². The van der Waals surface area contributed by atoms with Gasteiger partial charge in [-0.05, 0) is 0 Å². The Hall–Kier alpha value is -0.481. The molecule has 0 unspecified atom stereocenters. The molecule has 0 aliphatic carbocycles. The third kappa shape index (κ3) is 3.79. The fourth-order valence-corrected chi connectivity index (χ4v) is 9.44. The number of hydrogen-bond acceptors (Lipinski definition) is 0. The molecule has 0 atom stereocenters. The summed E-state index contributed by atoms with van der Waals surface area (Å²) in [5.74, 6) is 0. The van der Waals surface area contributed by atoms with Gasteiger partial charge in [-0.2, -0.15) is 0 Å². The molecule has 3 aromatic rings. The maximum absolute atomic E-state index is 5.91. The molecule has 0 aromatic heterocycles. The molecule has 0 nitrogen and oxygen atoms in total. The van der Waals surface area contributed by atoms with E-state index in [-0.39, 0.29) is 20.9 Å². The third-order valence-corrected chi connectivity index (χ3v) is 10.2. The first-order chi connectivity index (χ1) is 9.81. The Morgan fingerprint density at radius 1 is 0.850 bits per heavy atom. The minimum atomic E-state index is -0.0749. The van der Waals surface area contributed by atoms with E-state index in [0.29, 0.717) is 15.0 Å². The van der Waals surface area contributed by atoms with Crippen molar-refractivity contribution < 1.29 is 0 Å². The number of rotatable bonds is 4. The summed E-state index contributed by atoms with van der Waals surface area (Å²) in [6.07, 6.45) is 0. The van der Waals surface area contributed by atoms with Crippen LogP contribution in [-0.4, -0.2) is 35.9 Å². The van der Waals surface area contributed by atoms with Crippen LogP contribution < -0.4 is 8.07 Å². The van der Waals surface area contributed by atoms with Crippen molar-refractivity contribution in [2.45, 2.75) is 3.37 Å². The van der Waals surface area contributed by atoms with Crippen LogP contribution in [0.25, 0.3) is 10.8 Å². The van der Waals surface area contributed by atoms with Crippen LogP contribution in [0.4, 0.5) is 0 Å². The summed E-state index contributed by atoms with van der Waals surface area (Å²) in [6.45, 7) is 0. The molecule has 0 saturated heterocycles. The summed E-state index contributed by atoms with van der Waals surface area (Å²) >= 11 is 6.42. The van der Waals surface area contributed by atoms with Crippen LogP contribution in [0.5, 0.6) is 0 Å². The van der Waals surface area contributed by atoms with Gasteiger partial charge in [-0.1, -0.05) is 0 Å². The van der Waals surface area contributed by atoms with Gasteiger partial charge < -0.3 is 0 Å². The molecule has 0 fully saturated rings. The van der Waals surface area contributed by atoms with Gasteiger partial charge in [0, 0.05) is 0 Å². The van der Waals surface area contributed by atoms with E-state index in [0.717, 1.165) is 5.02 Å². The second-order valence-electron chi connectivity index (χ2n) is 4.37. The van der Waals surface area contributed by atoms with Gasteiger partial charge in [0.15, 0.2) is 0 Å². The van der Waals surface area contributed by atoms with E-state index in [2.05, 4.69) is 54.6 Å². The number of benzene rings is 3. The van der Waals surface area contributed by atoms with Crippen molar-refractivity contribution in [2.24, 2.45) is 0 Å². The summed E-state index contributed by atoms with van der Waals surface area (Å²) in [5, 5.41) is 3.54. The monoisotopic (exact) mass is 462 g/mol. The molecule has 100 valence electrons. The summed E-state index contributed by atoms with van der Waals surface area (Å²) in [7, 11) is 0. The van der Waals surface area contributed by atoms with Crippen molar-refractivity contribution in [3.8, 4) is 0 Å². The van der Waals surface area contributed by atoms with E-state index in [1.165, 1.54) is 18.6 Å². The summed E-state index contributed by atoms with van der Waals surface area (Å²) in [4.78, 5) is 0. The van der Waals surface area contributed by atoms with Crippen LogP contribution in [0.3, 0.4) is 0 Å². The zero-order valence-corrected chi connectivity index (χ0v) is 15.6. The molecule has 0 aliphatic heterocycles. The topological polar surface area (TPSA) is 0 Å². The molecule has 0 N–H and O–H groups in total. The van der Waals surface area contributed by atoms with Gasteiger partial charge in [-0.15, -0.1) is 0 Å². The van der Waals surface area contributed by atoms with Crippen LogP contribution in [0.2, 0.25) is 8.39 Å². The average molecular weight is 459 g/mol. The zero-order valence-electron chi connectivity index (χ0n) is 10.8. The Balaban J connectivity index is 1.63. The molecule has 0 aliphatic rings. The van der Waals surface area contributed by atoms with Gasteiger partial charge in [-0.3, -0.25) is 0 Å². The van der Waals surface area contributed by atoms with E-state index in [1.54, 1.807) is 3.61 Å². The predicted octanol–water partition coefficient (Wildman–Crippen LogP) is 3.23. The van der Waals surface area contributed by atoms with Crippen molar-refractivity contribution >= 4 is 66.3 Å². The fourth-order valence-electron chi connectivity index (χ4n) is 1.95. The van der Waals surface area contributed by atoms with E-state index in [9.17, 15) is 0 Å². The molecule has 0 heterocycles. The molecule has 3 rings (SSSR count). The molecule has 0 radical (unpaired) electrons. The predicted molar refractivity (Wildman–Crippen MR) is 91.0 cm³/mol. The first-order valence-corrected chi connectivity index (χ1v) is 11.6. The van der Waals surface area contributed by atoms with E-state index in [1.807, 2.05) is 12.1 Å². The number of halogens is 1. The SMILES string of the molecule is Clc1ccc([Se]C[Te]c2ccc3ccccc3c2)cc1. The van der Waals surface area contributed by atoms with E-state index in [4.69, 9.17) is 11.6 Å². The quantitative estimate of drug-likeness (QED) is 0.526. The van der Waals surface area contributed by atoms with Crippen LogP contribution in [0.1, 0.15) is 0 Å². The fraction of sp³-hybridized carbons (Fsp3) is 0.0588. The standard InChI is InChI=1S/C17H13ClSeTe/c18-15-6-8-16(9-7-15)19-12-20-17-10-5-13-3-1-2-4-14(13)11-17/h1-11H,12H2. The molecular formula is C17H13ClSeTe. The van der Waals surface area contributed by atoms with Crippen LogP contribution in [-0.2, 0) is 0 Å². The van der Waals surface area contributed by atoms with E-state index >= 15 is 0 Å². The first kappa shape index (κ1) is 14.5. The molecule has 0 spiro atoms. The van der Waals surface area contributed by atoms with Gasteiger partial charge in [0.25, 0.3) is 0 Å². The number of fused-ring (bicyclic) bond motifs is 1. The molecule has 3 heteroatoms. The van der Waals surface area contributed by atoms with Crippen molar-refractivity contribution in [3.05, 3.63) is 71.8 Å². The van der Waals surface area contributed by atoms with Crippen molar-refractivity contribution in [3.63, 3.8) is 0 Å². The Morgan fingerprint density at radius 3 is 2.40 bits per heavy atom. The normalized spacial score (nSPS) is 10.8. The van der Waals surface area contributed by atoms with Crippen molar-refractivity contribution in [1.29, 1.82) is 0 Å². The molecule has 20 heavy (non-hydrogen) atoms. The minimum absolute atomic E-state index is 0.0749. The Labute approximate surface area is 140 Å². The molecule has 3 aromatic carbocycles. The molecule has 0 saturated carbocycles. The summed E-state index contributed by atoms with van der Waals surface area (Å²) < 4.78 is 4.37. The maximum atomic E-state index is 5.91. The molecule has 0 bridgehead atoms. The Kier molecular flexibility index (Phi) is 5.05. The molecular weight excluding hydrogens is 446 g/mol. The van der Waals surface area contributed by atoms with Gasteiger partial charge in [0.2, 0.25) is 0 Å². The third-order valence-electron chi connectivity index (χ3n) is 2.99. The number of hydrogen-bond donors (Lipinski definition) is 0. The van der Waals surface area contributed by atoms with Gasteiger partial charge in [0.05, 0.1) is 0 Å². The van der Waals surface area contributed by atoms with Crippen molar-refractivity contribution in [1.82, 2.24) is 0 Å². The Morgan fingerprint density at radius 2 is 1.60 bits per heavy atom. The van der Waals surface area contributed by atoms with Crippen LogP contribution in [0, 0.1) is 0 Å².